The van der Waals surface area contributed by atoms with Gasteiger partial charge in [0.15, 0.2) is 0 Å². The summed E-state index contributed by atoms with van der Waals surface area (Å²) in [5.74, 6) is 3.25. The van der Waals surface area contributed by atoms with Crippen LogP contribution >= 0.6 is 0 Å². The van der Waals surface area contributed by atoms with Crippen LogP contribution in [-0.2, 0) is 4.74 Å². The van der Waals surface area contributed by atoms with Gasteiger partial charge in [0.1, 0.15) is 0 Å². The van der Waals surface area contributed by atoms with Crippen molar-refractivity contribution < 1.29 is 4.74 Å². The molecule has 0 aromatic rings. The summed E-state index contributed by atoms with van der Waals surface area (Å²) in [4.78, 5) is 0. The average molecular weight is 214 g/mol. The standard InChI is InChI=1S/C14H30O/c1-11(2)7-12(3)8-13(4)9-14(5)10-15-6/h11-14H,7-10H2,1-6H3. The predicted octanol–water partition coefficient (Wildman–Crippen LogP) is 4.37. The molecule has 0 fully saturated rings. The Morgan fingerprint density at radius 2 is 1.20 bits per heavy atom. The summed E-state index contributed by atoms with van der Waals surface area (Å²) in [6.07, 6.45) is 4.03. The number of methoxy groups -OCH3 is 1. The second-order valence-corrected chi connectivity index (χ2v) is 5.87. The van der Waals surface area contributed by atoms with Crippen molar-refractivity contribution in [2.45, 2.75) is 53.9 Å². The fourth-order valence-electron chi connectivity index (χ4n) is 2.72. The van der Waals surface area contributed by atoms with Gasteiger partial charge in [-0.2, -0.15) is 0 Å². The molecular weight excluding hydrogens is 184 g/mol. The maximum atomic E-state index is 5.17. The van der Waals surface area contributed by atoms with E-state index in [1.54, 1.807) is 7.11 Å². The van der Waals surface area contributed by atoms with Crippen molar-refractivity contribution in [2.75, 3.05) is 13.7 Å². The first-order chi connectivity index (χ1) is 6.95. The Morgan fingerprint density at radius 3 is 1.67 bits per heavy atom. The van der Waals surface area contributed by atoms with Gasteiger partial charge in [-0.15, -0.1) is 0 Å². The molecule has 1 heteroatoms. The van der Waals surface area contributed by atoms with Gasteiger partial charge >= 0.3 is 0 Å². The van der Waals surface area contributed by atoms with Crippen LogP contribution < -0.4 is 0 Å². The number of hydrogen-bond acceptors (Lipinski definition) is 1. The second-order valence-electron chi connectivity index (χ2n) is 5.87. The van der Waals surface area contributed by atoms with Crippen LogP contribution in [0, 0.1) is 23.7 Å². The minimum Gasteiger partial charge on any atom is -0.384 e. The van der Waals surface area contributed by atoms with Crippen LogP contribution in [0.2, 0.25) is 0 Å². The molecular formula is C14H30O. The minimum absolute atomic E-state index is 0.705. The largest absolute Gasteiger partial charge is 0.384 e. The summed E-state index contributed by atoms with van der Waals surface area (Å²) in [6.45, 7) is 12.6. The van der Waals surface area contributed by atoms with Crippen LogP contribution in [-0.4, -0.2) is 13.7 Å². The molecule has 0 aliphatic carbocycles. The molecule has 15 heavy (non-hydrogen) atoms. The molecule has 0 rings (SSSR count). The molecule has 0 radical (unpaired) electrons. The lowest BCUT2D eigenvalue weighted by molar-refractivity contribution is 0.144. The first-order valence-electron chi connectivity index (χ1n) is 6.44. The average Bonchev–Trinajstić information content (AvgIpc) is 2.00. The Kier molecular flexibility index (Phi) is 8.13. The minimum atomic E-state index is 0.705. The SMILES string of the molecule is COCC(C)CC(C)CC(C)CC(C)C. The summed E-state index contributed by atoms with van der Waals surface area (Å²) < 4.78 is 5.17. The van der Waals surface area contributed by atoms with Crippen molar-refractivity contribution >= 4 is 0 Å². The fraction of sp³-hybridized carbons (Fsp3) is 1.00. The third kappa shape index (κ3) is 8.92. The van der Waals surface area contributed by atoms with Crippen molar-refractivity contribution in [3.8, 4) is 0 Å². The molecule has 92 valence electrons. The van der Waals surface area contributed by atoms with E-state index >= 15 is 0 Å². The predicted molar refractivity (Wildman–Crippen MR) is 68.1 cm³/mol. The molecule has 0 aliphatic heterocycles. The summed E-state index contributed by atoms with van der Waals surface area (Å²) in [5, 5.41) is 0. The van der Waals surface area contributed by atoms with Crippen molar-refractivity contribution in [3.05, 3.63) is 0 Å². The third-order valence-electron chi connectivity index (χ3n) is 2.93. The second kappa shape index (κ2) is 8.15. The van der Waals surface area contributed by atoms with Crippen LogP contribution in [0.25, 0.3) is 0 Å². The molecule has 0 amide bonds. The lowest BCUT2D eigenvalue weighted by Crippen LogP contribution is -2.12. The van der Waals surface area contributed by atoms with Gasteiger partial charge in [-0.3, -0.25) is 0 Å². The van der Waals surface area contributed by atoms with Crippen LogP contribution in [0.3, 0.4) is 0 Å². The summed E-state index contributed by atoms with van der Waals surface area (Å²) in [5.41, 5.74) is 0. The first-order valence-corrected chi connectivity index (χ1v) is 6.44. The highest BCUT2D eigenvalue weighted by molar-refractivity contribution is 4.64. The summed E-state index contributed by atoms with van der Waals surface area (Å²) >= 11 is 0. The van der Waals surface area contributed by atoms with Crippen LogP contribution in [0.15, 0.2) is 0 Å². The molecule has 0 bridgehead atoms. The molecule has 0 aromatic carbocycles. The van der Waals surface area contributed by atoms with Gasteiger partial charge in [0, 0.05) is 13.7 Å². The van der Waals surface area contributed by atoms with Crippen molar-refractivity contribution in [2.24, 2.45) is 23.7 Å². The van der Waals surface area contributed by atoms with Gasteiger partial charge in [0.25, 0.3) is 0 Å². The van der Waals surface area contributed by atoms with Gasteiger partial charge in [-0.1, -0.05) is 34.6 Å². The van der Waals surface area contributed by atoms with Crippen molar-refractivity contribution in [3.63, 3.8) is 0 Å². The van der Waals surface area contributed by atoms with E-state index in [4.69, 9.17) is 4.74 Å². The number of hydrogen-bond donors (Lipinski definition) is 0. The van der Waals surface area contributed by atoms with Gasteiger partial charge in [0.05, 0.1) is 0 Å². The number of rotatable bonds is 8. The quantitative estimate of drug-likeness (QED) is 0.583. The van der Waals surface area contributed by atoms with Crippen LogP contribution in [0.4, 0.5) is 0 Å². The molecule has 0 saturated carbocycles. The maximum Gasteiger partial charge on any atom is 0.0487 e. The van der Waals surface area contributed by atoms with Crippen molar-refractivity contribution in [1.29, 1.82) is 0 Å². The third-order valence-corrected chi connectivity index (χ3v) is 2.93. The zero-order valence-electron chi connectivity index (χ0n) is 11.5. The highest BCUT2D eigenvalue weighted by Gasteiger charge is 2.13. The van der Waals surface area contributed by atoms with E-state index in [9.17, 15) is 0 Å². The van der Waals surface area contributed by atoms with E-state index in [2.05, 4.69) is 34.6 Å². The van der Waals surface area contributed by atoms with Crippen molar-refractivity contribution in [1.82, 2.24) is 0 Å². The normalized spacial score (nSPS) is 17.8. The lowest BCUT2D eigenvalue weighted by Gasteiger charge is -2.21. The topological polar surface area (TPSA) is 9.23 Å². The Labute approximate surface area is 96.6 Å². The summed E-state index contributed by atoms with van der Waals surface area (Å²) in [7, 11) is 1.79. The maximum absolute atomic E-state index is 5.17. The monoisotopic (exact) mass is 214 g/mol. The van der Waals surface area contributed by atoms with E-state index in [0.29, 0.717) is 5.92 Å². The zero-order valence-corrected chi connectivity index (χ0v) is 11.5. The first kappa shape index (κ1) is 15.0. The van der Waals surface area contributed by atoms with Gasteiger partial charge in [-0.05, 0) is 42.9 Å². The fourth-order valence-corrected chi connectivity index (χ4v) is 2.72. The molecule has 0 N–H and O–H groups in total. The number of ether oxygens (including phenoxy) is 1. The van der Waals surface area contributed by atoms with Crippen LogP contribution in [0.1, 0.15) is 53.9 Å². The molecule has 0 spiro atoms. The molecule has 1 nitrogen and oxygen atoms in total. The smallest absolute Gasteiger partial charge is 0.0487 e. The van der Waals surface area contributed by atoms with E-state index < -0.39 is 0 Å². The molecule has 0 heterocycles. The zero-order chi connectivity index (χ0) is 11.8. The van der Waals surface area contributed by atoms with E-state index in [1.807, 2.05) is 0 Å². The Balaban J connectivity index is 3.67. The van der Waals surface area contributed by atoms with Gasteiger partial charge in [0.2, 0.25) is 0 Å². The Bertz CT molecular complexity index is 142. The molecule has 3 unspecified atom stereocenters. The molecule has 0 saturated heterocycles. The molecule has 0 aliphatic rings. The Morgan fingerprint density at radius 1 is 0.733 bits per heavy atom. The van der Waals surface area contributed by atoms with Gasteiger partial charge < -0.3 is 4.74 Å². The summed E-state index contributed by atoms with van der Waals surface area (Å²) in [6, 6.07) is 0. The van der Waals surface area contributed by atoms with E-state index in [-0.39, 0.29) is 0 Å². The molecule has 0 aromatic heterocycles. The molecule has 3 atom stereocenters. The highest BCUT2D eigenvalue weighted by Crippen LogP contribution is 2.23. The van der Waals surface area contributed by atoms with E-state index in [0.717, 1.165) is 24.4 Å². The highest BCUT2D eigenvalue weighted by atomic mass is 16.5. The van der Waals surface area contributed by atoms with Gasteiger partial charge in [-0.25, -0.2) is 0 Å². The van der Waals surface area contributed by atoms with Crippen LogP contribution in [0.5, 0.6) is 0 Å². The lowest BCUT2D eigenvalue weighted by atomic mass is 9.86. The van der Waals surface area contributed by atoms with E-state index in [1.165, 1.54) is 19.3 Å². The Hall–Kier alpha value is -0.0400.